The predicted octanol–water partition coefficient (Wildman–Crippen LogP) is 0.513. The Morgan fingerprint density at radius 2 is 2.53 bits per heavy atom. The Balaban J connectivity index is 2.30. The molecule has 1 aliphatic rings. The maximum absolute atomic E-state index is 8.75. The summed E-state index contributed by atoms with van der Waals surface area (Å²) < 4.78 is 0. The van der Waals surface area contributed by atoms with E-state index >= 15 is 0 Å². The van der Waals surface area contributed by atoms with Gasteiger partial charge in [0.1, 0.15) is 0 Å². The van der Waals surface area contributed by atoms with E-state index in [2.05, 4.69) is 20.3 Å². The molecule has 7 heteroatoms. The van der Waals surface area contributed by atoms with Crippen molar-refractivity contribution in [3.05, 3.63) is 17.8 Å². The van der Waals surface area contributed by atoms with E-state index in [0.29, 0.717) is 17.4 Å². The van der Waals surface area contributed by atoms with Gasteiger partial charge in [-0.1, -0.05) is 5.16 Å². The van der Waals surface area contributed by atoms with Crippen molar-refractivity contribution in [2.75, 3.05) is 23.5 Å². The minimum Gasteiger partial charge on any atom is -0.409 e. The zero-order valence-electron chi connectivity index (χ0n) is 9.58. The van der Waals surface area contributed by atoms with Crippen LogP contribution in [-0.2, 0) is 0 Å². The molecule has 1 unspecified atom stereocenters. The number of anilines is 1. The summed E-state index contributed by atoms with van der Waals surface area (Å²) in [6, 6.07) is 2.14. The number of thioether (sulfide) groups is 1. The van der Waals surface area contributed by atoms with Gasteiger partial charge in [0.2, 0.25) is 0 Å². The molecule has 1 aromatic heterocycles. The number of nitrogens with zero attached hydrogens (tertiary/aromatic N) is 4. The molecule has 2 rings (SSSR count). The summed E-state index contributed by atoms with van der Waals surface area (Å²) in [6.07, 6.45) is 2.65. The Kier molecular flexibility index (Phi) is 3.68. The normalized spacial score (nSPS) is 20.5. The third-order valence-electron chi connectivity index (χ3n) is 2.87. The zero-order valence-corrected chi connectivity index (χ0v) is 10.4. The number of rotatable bonds is 3. The van der Waals surface area contributed by atoms with Crippen molar-refractivity contribution < 1.29 is 5.21 Å². The van der Waals surface area contributed by atoms with Gasteiger partial charge in [-0.3, -0.25) is 0 Å². The van der Waals surface area contributed by atoms with Crippen LogP contribution in [0.5, 0.6) is 0 Å². The smallest absolute Gasteiger partial charge is 0.173 e. The number of hydrogen-bond acceptors (Lipinski definition) is 6. The number of oxime groups is 1. The van der Waals surface area contributed by atoms with Crippen molar-refractivity contribution in [1.82, 2.24) is 10.2 Å². The molecule has 0 spiro atoms. The first-order valence-corrected chi connectivity index (χ1v) is 6.49. The van der Waals surface area contributed by atoms with E-state index in [0.717, 1.165) is 17.9 Å². The lowest BCUT2D eigenvalue weighted by molar-refractivity contribution is 0.318. The van der Waals surface area contributed by atoms with E-state index in [1.807, 2.05) is 18.8 Å². The van der Waals surface area contributed by atoms with Crippen LogP contribution in [0.3, 0.4) is 0 Å². The van der Waals surface area contributed by atoms with Crippen molar-refractivity contribution >= 4 is 23.4 Å². The Hall–Kier alpha value is -1.50. The third kappa shape index (κ3) is 2.44. The van der Waals surface area contributed by atoms with Crippen LogP contribution in [0, 0.1) is 0 Å². The molecule has 0 bridgehead atoms. The second kappa shape index (κ2) is 5.22. The number of nitrogens with two attached hydrogens (primary N) is 1. The van der Waals surface area contributed by atoms with Crippen molar-refractivity contribution in [2.24, 2.45) is 10.9 Å². The van der Waals surface area contributed by atoms with Gasteiger partial charge in [-0.25, -0.2) is 0 Å². The first kappa shape index (κ1) is 12.0. The quantitative estimate of drug-likeness (QED) is 0.353. The first-order chi connectivity index (χ1) is 8.24. The lowest BCUT2D eigenvalue weighted by Crippen LogP contribution is -2.34. The summed E-state index contributed by atoms with van der Waals surface area (Å²) in [5, 5.41) is 19.7. The standard InChI is InChI=1S/C10H15N5OS/c1-15(7-3-5-17-6-7)10-8(9(11)14-16)2-4-12-13-10/h2,4,7,16H,3,5-6H2,1H3,(H2,11,14). The fourth-order valence-corrected chi connectivity index (χ4v) is 3.11. The number of amidine groups is 1. The molecular weight excluding hydrogens is 238 g/mol. The maximum atomic E-state index is 8.75. The van der Waals surface area contributed by atoms with Crippen LogP contribution in [0.2, 0.25) is 0 Å². The summed E-state index contributed by atoms with van der Waals surface area (Å²) in [5.41, 5.74) is 6.24. The van der Waals surface area contributed by atoms with E-state index in [-0.39, 0.29) is 5.84 Å². The molecule has 3 N–H and O–H groups in total. The second-order valence-electron chi connectivity index (χ2n) is 3.88. The van der Waals surface area contributed by atoms with E-state index in [1.54, 1.807) is 6.07 Å². The monoisotopic (exact) mass is 253 g/mol. The molecule has 0 aliphatic carbocycles. The molecule has 0 radical (unpaired) electrons. The average molecular weight is 253 g/mol. The lowest BCUT2D eigenvalue weighted by atomic mass is 10.2. The molecule has 1 atom stereocenters. The molecule has 1 aliphatic heterocycles. The summed E-state index contributed by atoms with van der Waals surface area (Å²) in [4.78, 5) is 2.06. The highest BCUT2D eigenvalue weighted by molar-refractivity contribution is 7.99. The second-order valence-corrected chi connectivity index (χ2v) is 5.03. The van der Waals surface area contributed by atoms with E-state index in [4.69, 9.17) is 10.9 Å². The van der Waals surface area contributed by atoms with Crippen LogP contribution in [0.4, 0.5) is 5.82 Å². The van der Waals surface area contributed by atoms with E-state index in [1.165, 1.54) is 6.20 Å². The molecule has 17 heavy (non-hydrogen) atoms. The molecule has 0 amide bonds. The van der Waals surface area contributed by atoms with Crippen LogP contribution < -0.4 is 10.6 Å². The summed E-state index contributed by atoms with van der Waals surface area (Å²) in [7, 11) is 1.97. The van der Waals surface area contributed by atoms with Gasteiger partial charge in [0, 0.05) is 18.8 Å². The zero-order chi connectivity index (χ0) is 12.3. The summed E-state index contributed by atoms with van der Waals surface area (Å²) in [6.45, 7) is 0. The van der Waals surface area contributed by atoms with Gasteiger partial charge in [0.15, 0.2) is 11.7 Å². The first-order valence-electron chi connectivity index (χ1n) is 5.34. The van der Waals surface area contributed by atoms with Gasteiger partial charge >= 0.3 is 0 Å². The molecule has 0 saturated carbocycles. The van der Waals surface area contributed by atoms with Crippen LogP contribution in [0.25, 0.3) is 0 Å². The van der Waals surface area contributed by atoms with Gasteiger partial charge in [-0.05, 0) is 18.2 Å². The predicted molar refractivity (Wildman–Crippen MR) is 68.7 cm³/mol. The Labute approximate surface area is 104 Å². The highest BCUT2D eigenvalue weighted by atomic mass is 32.2. The van der Waals surface area contributed by atoms with Crippen molar-refractivity contribution in [2.45, 2.75) is 12.5 Å². The minimum absolute atomic E-state index is 0.0624. The SMILES string of the molecule is CN(c1nnccc1/C(N)=N/O)C1CCSC1. The Morgan fingerprint density at radius 1 is 1.71 bits per heavy atom. The molecule has 1 aromatic rings. The van der Waals surface area contributed by atoms with Crippen LogP contribution in [0.1, 0.15) is 12.0 Å². The largest absolute Gasteiger partial charge is 0.409 e. The van der Waals surface area contributed by atoms with Gasteiger partial charge in [0.05, 0.1) is 11.8 Å². The molecule has 92 valence electrons. The molecular formula is C10H15N5OS. The van der Waals surface area contributed by atoms with Gasteiger partial charge in [-0.15, -0.1) is 5.10 Å². The van der Waals surface area contributed by atoms with Crippen molar-refractivity contribution in [3.8, 4) is 0 Å². The Morgan fingerprint density at radius 3 is 3.18 bits per heavy atom. The fourth-order valence-electron chi connectivity index (χ4n) is 1.84. The molecule has 2 heterocycles. The van der Waals surface area contributed by atoms with Crippen LogP contribution in [0.15, 0.2) is 17.4 Å². The van der Waals surface area contributed by atoms with Gasteiger partial charge in [-0.2, -0.15) is 16.9 Å². The molecule has 1 saturated heterocycles. The molecule has 6 nitrogen and oxygen atoms in total. The number of aromatic nitrogens is 2. The van der Waals surface area contributed by atoms with Crippen molar-refractivity contribution in [3.63, 3.8) is 0 Å². The number of hydrogen-bond donors (Lipinski definition) is 2. The maximum Gasteiger partial charge on any atom is 0.173 e. The highest BCUT2D eigenvalue weighted by Crippen LogP contribution is 2.26. The van der Waals surface area contributed by atoms with Crippen LogP contribution in [-0.4, -0.2) is 45.8 Å². The van der Waals surface area contributed by atoms with E-state index in [9.17, 15) is 0 Å². The molecule has 0 aromatic carbocycles. The Bertz CT molecular complexity index is 419. The van der Waals surface area contributed by atoms with E-state index < -0.39 is 0 Å². The average Bonchev–Trinajstić information content (AvgIpc) is 2.91. The van der Waals surface area contributed by atoms with Crippen LogP contribution >= 0.6 is 11.8 Å². The van der Waals surface area contributed by atoms with Gasteiger partial charge < -0.3 is 15.8 Å². The third-order valence-corrected chi connectivity index (χ3v) is 4.02. The summed E-state index contributed by atoms with van der Waals surface area (Å²) >= 11 is 1.92. The summed E-state index contributed by atoms with van der Waals surface area (Å²) in [5.74, 6) is 2.96. The van der Waals surface area contributed by atoms with Gasteiger partial charge in [0.25, 0.3) is 0 Å². The topological polar surface area (TPSA) is 87.6 Å². The molecule has 1 fully saturated rings. The fraction of sp³-hybridized carbons (Fsp3) is 0.500. The minimum atomic E-state index is 0.0624. The van der Waals surface area contributed by atoms with Crippen molar-refractivity contribution in [1.29, 1.82) is 0 Å². The lowest BCUT2D eigenvalue weighted by Gasteiger charge is -2.25. The highest BCUT2D eigenvalue weighted by Gasteiger charge is 2.24.